The third kappa shape index (κ3) is 2.52. The predicted molar refractivity (Wildman–Crippen MR) is 57.6 cm³/mol. The number of aromatic nitrogens is 2. The van der Waals surface area contributed by atoms with E-state index in [1.165, 1.54) is 17.0 Å². The lowest BCUT2D eigenvalue weighted by atomic mass is 10.0. The number of methoxy groups -OCH3 is 1. The molecule has 1 aliphatic heterocycles. The Kier molecular flexibility index (Phi) is 3.64. The summed E-state index contributed by atoms with van der Waals surface area (Å²) in [6.45, 7) is 2.74. The number of ether oxygens (including phenoxy) is 1. The molecule has 4 heteroatoms. The van der Waals surface area contributed by atoms with E-state index in [9.17, 15) is 0 Å². The van der Waals surface area contributed by atoms with Gasteiger partial charge < -0.3 is 10.1 Å². The maximum Gasteiger partial charge on any atom is 0.115 e. The zero-order valence-corrected chi connectivity index (χ0v) is 9.12. The maximum absolute atomic E-state index is 5.05. The first-order valence-corrected chi connectivity index (χ1v) is 5.43. The van der Waals surface area contributed by atoms with Crippen molar-refractivity contribution in [3.8, 4) is 0 Å². The molecule has 0 saturated heterocycles. The molecule has 0 amide bonds. The number of hydrogen-bond donors (Lipinski definition) is 1. The van der Waals surface area contributed by atoms with Crippen LogP contribution in [0.5, 0.6) is 0 Å². The Labute approximate surface area is 90.1 Å². The van der Waals surface area contributed by atoms with Crippen molar-refractivity contribution >= 4 is 0 Å². The average molecular weight is 207 g/mol. The Bertz CT molecular complexity index is 328. The molecular weight excluding hydrogens is 190 g/mol. The number of rotatable bonds is 4. The van der Waals surface area contributed by atoms with E-state index in [0.717, 1.165) is 39.0 Å². The Morgan fingerprint density at radius 3 is 3.27 bits per heavy atom. The van der Waals surface area contributed by atoms with Crippen molar-refractivity contribution in [3.63, 3.8) is 0 Å². The molecule has 0 aromatic carbocycles. The summed E-state index contributed by atoms with van der Waals surface area (Å²) in [6, 6.07) is 0. The number of hydrogen-bond acceptors (Lipinski definition) is 4. The van der Waals surface area contributed by atoms with Gasteiger partial charge in [0.1, 0.15) is 6.33 Å². The zero-order valence-electron chi connectivity index (χ0n) is 9.12. The van der Waals surface area contributed by atoms with Crippen LogP contribution in [-0.4, -0.2) is 30.2 Å². The van der Waals surface area contributed by atoms with Crippen LogP contribution in [0.2, 0.25) is 0 Å². The average Bonchev–Trinajstić information content (AvgIpc) is 2.30. The van der Waals surface area contributed by atoms with Crippen molar-refractivity contribution in [1.29, 1.82) is 0 Å². The summed E-state index contributed by atoms with van der Waals surface area (Å²) in [5, 5.41) is 3.36. The maximum atomic E-state index is 5.05. The van der Waals surface area contributed by atoms with Crippen LogP contribution < -0.4 is 5.32 Å². The number of fused-ring (bicyclic) bond motifs is 1. The number of nitrogens with one attached hydrogen (secondary N) is 1. The van der Waals surface area contributed by atoms with Crippen LogP contribution in [0.3, 0.4) is 0 Å². The fourth-order valence-corrected chi connectivity index (χ4v) is 1.93. The second kappa shape index (κ2) is 5.19. The molecule has 82 valence electrons. The molecular formula is C11H17N3O. The lowest BCUT2D eigenvalue weighted by Crippen LogP contribution is -2.26. The minimum absolute atomic E-state index is 0.798. The summed E-state index contributed by atoms with van der Waals surface area (Å²) in [4.78, 5) is 8.68. The molecule has 0 atom stereocenters. The van der Waals surface area contributed by atoms with Gasteiger partial charge in [0.2, 0.25) is 0 Å². The van der Waals surface area contributed by atoms with Crippen molar-refractivity contribution in [2.75, 3.05) is 20.3 Å². The Balaban J connectivity index is 2.09. The van der Waals surface area contributed by atoms with Gasteiger partial charge in [0.15, 0.2) is 0 Å². The van der Waals surface area contributed by atoms with Crippen molar-refractivity contribution in [1.82, 2.24) is 15.3 Å². The second-order valence-electron chi connectivity index (χ2n) is 3.77. The van der Waals surface area contributed by atoms with Crippen LogP contribution in [0.4, 0.5) is 0 Å². The molecule has 15 heavy (non-hydrogen) atoms. The highest BCUT2D eigenvalue weighted by Crippen LogP contribution is 2.15. The molecule has 0 radical (unpaired) electrons. The predicted octanol–water partition coefficient (Wildman–Crippen LogP) is 0.701. The third-order valence-corrected chi connectivity index (χ3v) is 2.73. The molecule has 0 saturated carbocycles. The molecule has 0 bridgehead atoms. The molecule has 0 unspecified atom stereocenters. The first-order chi connectivity index (χ1) is 7.42. The van der Waals surface area contributed by atoms with Crippen molar-refractivity contribution < 1.29 is 4.74 Å². The monoisotopic (exact) mass is 207 g/mol. The van der Waals surface area contributed by atoms with Gasteiger partial charge in [-0.15, -0.1) is 0 Å². The molecule has 2 rings (SSSR count). The van der Waals surface area contributed by atoms with Gasteiger partial charge in [0, 0.05) is 50.2 Å². The smallest absolute Gasteiger partial charge is 0.115 e. The van der Waals surface area contributed by atoms with Crippen LogP contribution >= 0.6 is 0 Å². The fraction of sp³-hybridized carbons (Fsp3) is 0.636. The van der Waals surface area contributed by atoms with E-state index in [1.807, 2.05) is 0 Å². The van der Waals surface area contributed by atoms with E-state index < -0.39 is 0 Å². The molecule has 1 aliphatic rings. The van der Waals surface area contributed by atoms with E-state index in [0.29, 0.717) is 0 Å². The van der Waals surface area contributed by atoms with E-state index in [-0.39, 0.29) is 0 Å². The summed E-state index contributed by atoms with van der Waals surface area (Å²) in [6.07, 6.45) is 4.72. The topological polar surface area (TPSA) is 47.0 Å². The first kappa shape index (κ1) is 10.5. The van der Waals surface area contributed by atoms with Crippen LogP contribution in [-0.2, 0) is 24.1 Å². The highest BCUT2D eigenvalue weighted by molar-refractivity contribution is 5.26. The van der Waals surface area contributed by atoms with Crippen molar-refractivity contribution in [3.05, 3.63) is 23.3 Å². The third-order valence-electron chi connectivity index (χ3n) is 2.73. The summed E-state index contributed by atoms with van der Waals surface area (Å²) < 4.78 is 5.05. The minimum Gasteiger partial charge on any atom is -0.385 e. The normalized spacial score (nSPS) is 15.0. The van der Waals surface area contributed by atoms with E-state index in [1.54, 1.807) is 13.4 Å². The van der Waals surface area contributed by atoms with Crippen molar-refractivity contribution in [2.24, 2.45) is 0 Å². The van der Waals surface area contributed by atoms with Gasteiger partial charge in [-0.2, -0.15) is 0 Å². The van der Waals surface area contributed by atoms with Gasteiger partial charge in [-0.1, -0.05) is 0 Å². The largest absolute Gasteiger partial charge is 0.385 e. The summed E-state index contributed by atoms with van der Waals surface area (Å²) in [5.41, 5.74) is 3.71. The summed E-state index contributed by atoms with van der Waals surface area (Å²) >= 11 is 0. The van der Waals surface area contributed by atoms with Gasteiger partial charge in [0.05, 0.1) is 0 Å². The van der Waals surface area contributed by atoms with E-state index >= 15 is 0 Å². The highest BCUT2D eigenvalue weighted by atomic mass is 16.5. The Morgan fingerprint density at radius 1 is 1.47 bits per heavy atom. The van der Waals surface area contributed by atoms with Crippen LogP contribution in [0.15, 0.2) is 6.33 Å². The first-order valence-electron chi connectivity index (χ1n) is 5.43. The van der Waals surface area contributed by atoms with Gasteiger partial charge >= 0.3 is 0 Å². The van der Waals surface area contributed by atoms with Gasteiger partial charge in [-0.25, -0.2) is 9.97 Å². The molecule has 1 N–H and O–H groups in total. The molecule has 4 nitrogen and oxygen atoms in total. The minimum atomic E-state index is 0.798. The molecule has 2 heterocycles. The Hall–Kier alpha value is -1.00. The van der Waals surface area contributed by atoms with Gasteiger partial charge in [-0.3, -0.25) is 0 Å². The van der Waals surface area contributed by atoms with Gasteiger partial charge in [0.25, 0.3) is 0 Å². The Morgan fingerprint density at radius 2 is 2.40 bits per heavy atom. The quantitative estimate of drug-likeness (QED) is 0.738. The van der Waals surface area contributed by atoms with E-state index in [2.05, 4.69) is 15.3 Å². The van der Waals surface area contributed by atoms with Crippen LogP contribution in [0.1, 0.15) is 23.4 Å². The van der Waals surface area contributed by atoms with Crippen LogP contribution in [0, 0.1) is 0 Å². The SMILES string of the molecule is COCCCc1ncnc2c1CNCC2. The fourth-order valence-electron chi connectivity index (χ4n) is 1.93. The lowest BCUT2D eigenvalue weighted by molar-refractivity contribution is 0.195. The molecule has 1 aromatic rings. The summed E-state index contributed by atoms with van der Waals surface area (Å²) in [7, 11) is 1.73. The standard InChI is InChI=1S/C11H17N3O/c1-15-6-2-3-10-9-7-12-5-4-11(9)14-8-13-10/h8,12H,2-7H2,1H3. The lowest BCUT2D eigenvalue weighted by Gasteiger charge is -2.18. The molecule has 0 aliphatic carbocycles. The summed E-state index contributed by atoms with van der Waals surface area (Å²) in [5.74, 6) is 0. The van der Waals surface area contributed by atoms with E-state index in [4.69, 9.17) is 4.74 Å². The highest BCUT2D eigenvalue weighted by Gasteiger charge is 2.14. The van der Waals surface area contributed by atoms with Crippen molar-refractivity contribution in [2.45, 2.75) is 25.8 Å². The van der Waals surface area contributed by atoms with Gasteiger partial charge in [-0.05, 0) is 12.8 Å². The zero-order chi connectivity index (χ0) is 10.5. The molecule has 1 aromatic heterocycles. The molecule has 0 spiro atoms. The number of nitrogens with zero attached hydrogens (tertiary/aromatic N) is 2. The second-order valence-corrected chi connectivity index (χ2v) is 3.77. The molecule has 0 fully saturated rings. The number of aryl methyl sites for hydroxylation is 1. The van der Waals surface area contributed by atoms with Crippen LogP contribution in [0.25, 0.3) is 0 Å².